The monoisotopic (exact) mass is 302 g/mol. The van der Waals surface area contributed by atoms with Crippen LogP contribution in [0.25, 0.3) is 0 Å². The number of hydrogen-bond acceptors (Lipinski definition) is 4. The van der Waals surface area contributed by atoms with Crippen LogP contribution in [-0.4, -0.2) is 37.9 Å². The molecule has 0 saturated heterocycles. The van der Waals surface area contributed by atoms with E-state index in [0.717, 1.165) is 6.42 Å². The Morgan fingerprint density at radius 2 is 1.90 bits per heavy atom. The molecule has 0 aliphatic heterocycles. The molecular formula is C14H28BO4P. The van der Waals surface area contributed by atoms with Gasteiger partial charge in [0.1, 0.15) is 0 Å². The molecule has 1 rings (SSSR count). The topological polar surface area (TPSA) is 55.8 Å². The van der Waals surface area contributed by atoms with E-state index >= 15 is 0 Å². The van der Waals surface area contributed by atoms with Gasteiger partial charge in [0.15, 0.2) is 0 Å². The van der Waals surface area contributed by atoms with E-state index < -0.39 is 13.7 Å². The van der Waals surface area contributed by atoms with Crippen molar-refractivity contribution in [1.29, 1.82) is 0 Å². The maximum Gasteiger partial charge on any atom is 0.328 e. The fourth-order valence-electron chi connectivity index (χ4n) is 2.90. The van der Waals surface area contributed by atoms with Gasteiger partial charge < -0.3 is 14.2 Å². The molecular weight excluding hydrogens is 274 g/mol. The SMILES string of the molecule is [B]C1CC(CC(C)C)C(OP(C)(=O)OC(C)C)CC1O. The quantitative estimate of drug-likeness (QED) is 0.603. The van der Waals surface area contributed by atoms with Gasteiger partial charge in [0, 0.05) is 6.66 Å². The second-order valence-corrected chi connectivity index (χ2v) is 8.63. The Bertz CT molecular complexity index is 348. The largest absolute Gasteiger partial charge is 0.394 e. The standard InChI is InChI=1S/C14H28BO4P/c1-9(2)6-11-7-12(15)13(16)8-14(11)19-20(5,17)18-10(3)4/h9-14,16H,6-8H2,1-5H3. The number of hydrogen-bond donors (Lipinski definition) is 1. The lowest BCUT2D eigenvalue weighted by atomic mass is 9.66. The summed E-state index contributed by atoms with van der Waals surface area (Å²) in [6, 6.07) is 0. The van der Waals surface area contributed by atoms with Crippen molar-refractivity contribution < 1.29 is 18.7 Å². The van der Waals surface area contributed by atoms with Crippen molar-refractivity contribution in [3.8, 4) is 0 Å². The highest BCUT2D eigenvalue weighted by molar-refractivity contribution is 7.53. The first-order valence-electron chi connectivity index (χ1n) is 7.48. The minimum atomic E-state index is -3.10. The van der Waals surface area contributed by atoms with Gasteiger partial charge in [-0.1, -0.05) is 26.1 Å². The predicted octanol–water partition coefficient (Wildman–Crippen LogP) is 3.39. The van der Waals surface area contributed by atoms with E-state index in [9.17, 15) is 9.67 Å². The van der Waals surface area contributed by atoms with Crippen LogP contribution >= 0.6 is 7.60 Å². The normalized spacial score (nSPS) is 34.4. The van der Waals surface area contributed by atoms with Crippen LogP contribution in [0.3, 0.4) is 0 Å². The summed E-state index contributed by atoms with van der Waals surface area (Å²) in [7, 11) is 2.85. The van der Waals surface area contributed by atoms with E-state index in [1.165, 1.54) is 6.66 Å². The third-order valence-electron chi connectivity index (χ3n) is 3.57. The summed E-state index contributed by atoms with van der Waals surface area (Å²) < 4.78 is 23.5. The molecule has 0 aromatic rings. The van der Waals surface area contributed by atoms with E-state index in [0.29, 0.717) is 18.8 Å². The van der Waals surface area contributed by atoms with Gasteiger partial charge in [-0.25, -0.2) is 0 Å². The Kier molecular flexibility index (Phi) is 6.78. The summed E-state index contributed by atoms with van der Waals surface area (Å²) >= 11 is 0. The van der Waals surface area contributed by atoms with E-state index in [1.54, 1.807) is 0 Å². The van der Waals surface area contributed by atoms with Crippen LogP contribution in [0.2, 0.25) is 5.82 Å². The molecule has 1 aliphatic carbocycles. The second kappa shape index (κ2) is 7.44. The predicted molar refractivity (Wildman–Crippen MR) is 82.3 cm³/mol. The molecule has 1 N–H and O–H groups in total. The molecule has 0 spiro atoms. The first-order chi connectivity index (χ1) is 9.10. The third kappa shape index (κ3) is 5.89. The lowest BCUT2D eigenvalue weighted by molar-refractivity contribution is -0.000548. The van der Waals surface area contributed by atoms with Crippen molar-refractivity contribution in [2.24, 2.45) is 11.8 Å². The van der Waals surface area contributed by atoms with Gasteiger partial charge in [-0.2, -0.15) is 0 Å². The summed E-state index contributed by atoms with van der Waals surface area (Å²) in [6.07, 6.45) is 1.09. The highest BCUT2D eigenvalue weighted by Gasteiger charge is 2.38. The van der Waals surface area contributed by atoms with Gasteiger partial charge in [0.25, 0.3) is 0 Å². The molecule has 1 aliphatic rings. The number of aliphatic hydroxyl groups is 1. The highest BCUT2D eigenvalue weighted by Crippen LogP contribution is 2.50. The maximum absolute atomic E-state index is 12.4. The molecule has 4 nitrogen and oxygen atoms in total. The molecule has 5 atom stereocenters. The smallest absolute Gasteiger partial charge is 0.328 e. The van der Waals surface area contributed by atoms with E-state index in [2.05, 4.69) is 13.8 Å². The molecule has 20 heavy (non-hydrogen) atoms. The van der Waals surface area contributed by atoms with Crippen molar-refractivity contribution in [2.45, 2.75) is 71.1 Å². The Balaban J connectivity index is 2.74. The third-order valence-corrected chi connectivity index (χ3v) is 5.03. The lowest BCUT2D eigenvalue weighted by Crippen LogP contribution is -2.38. The summed E-state index contributed by atoms with van der Waals surface area (Å²) in [4.78, 5) is 0. The molecule has 0 heterocycles. The van der Waals surface area contributed by atoms with Crippen molar-refractivity contribution >= 4 is 15.4 Å². The van der Waals surface area contributed by atoms with E-state index in [1.807, 2.05) is 13.8 Å². The summed E-state index contributed by atoms with van der Waals surface area (Å²) in [5.74, 6) is 0.508. The lowest BCUT2D eigenvalue weighted by Gasteiger charge is -2.39. The van der Waals surface area contributed by atoms with Crippen LogP contribution < -0.4 is 0 Å². The minimum Gasteiger partial charge on any atom is -0.394 e. The molecule has 0 bridgehead atoms. The minimum absolute atomic E-state index is 0.148. The van der Waals surface area contributed by atoms with Gasteiger partial charge >= 0.3 is 7.60 Å². The van der Waals surface area contributed by atoms with Gasteiger partial charge in [0.05, 0.1) is 26.2 Å². The van der Waals surface area contributed by atoms with Crippen LogP contribution in [0.15, 0.2) is 0 Å². The second-order valence-electron chi connectivity index (χ2n) is 6.66. The molecule has 0 aromatic carbocycles. The van der Waals surface area contributed by atoms with Crippen molar-refractivity contribution in [3.05, 3.63) is 0 Å². The molecule has 5 unspecified atom stereocenters. The van der Waals surface area contributed by atoms with Crippen LogP contribution in [0, 0.1) is 11.8 Å². The average molecular weight is 302 g/mol. The number of rotatable bonds is 6. The zero-order valence-electron chi connectivity index (χ0n) is 13.3. The Hall–Kier alpha value is 0.175. The molecule has 6 heteroatoms. The molecule has 1 fully saturated rings. The molecule has 0 amide bonds. The molecule has 0 aromatic heterocycles. The number of aliphatic hydroxyl groups excluding tert-OH is 1. The summed E-state index contributed by atoms with van der Waals surface area (Å²) in [5, 5.41) is 9.94. The summed E-state index contributed by atoms with van der Waals surface area (Å²) in [6.45, 7) is 9.45. The summed E-state index contributed by atoms with van der Waals surface area (Å²) in [5.41, 5.74) is 0. The zero-order chi connectivity index (χ0) is 15.5. The molecule has 2 radical (unpaired) electrons. The Morgan fingerprint density at radius 3 is 2.40 bits per heavy atom. The van der Waals surface area contributed by atoms with Gasteiger partial charge in [-0.15, -0.1) is 0 Å². The van der Waals surface area contributed by atoms with Crippen LogP contribution in [-0.2, 0) is 13.6 Å². The first-order valence-corrected chi connectivity index (χ1v) is 9.47. The van der Waals surface area contributed by atoms with Gasteiger partial charge in [-0.05, 0) is 38.5 Å². The fraction of sp³-hybridized carbons (Fsp3) is 1.00. The Labute approximate surface area is 124 Å². The van der Waals surface area contributed by atoms with Crippen molar-refractivity contribution in [2.75, 3.05) is 6.66 Å². The first kappa shape index (κ1) is 18.2. The highest BCUT2D eigenvalue weighted by atomic mass is 31.2. The Morgan fingerprint density at radius 1 is 1.30 bits per heavy atom. The fourth-order valence-corrected chi connectivity index (χ4v) is 4.47. The van der Waals surface area contributed by atoms with Gasteiger partial charge in [0.2, 0.25) is 0 Å². The molecule has 1 saturated carbocycles. The molecule has 116 valence electrons. The zero-order valence-corrected chi connectivity index (χ0v) is 14.2. The maximum atomic E-state index is 12.4. The van der Waals surface area contributed by atoms with Crippen molar-refractivity contribution in [1.82, 2.24) is 0 Å². The van der Waals surface area contributed by atoms with Crippen LogP contribution in [0.5, 0.6) is 0 Å². The van der Waals surface area contributed by atoms with Gasteiger partial charge in [-0.3, -0.25) is 4.57 Å². The van der Waals surface area contributed by atoms with Crippen LogP contribution in [0.4, 0.5) is 0 Å². The van der Waals surface area contributed by atoms with Crippen LogP contribution in [0.1, 0.15) is 47.0 Å². The van der Waals surface area contributed by atoms with E-state index in [4.69, 9.17) is 16.9 Å². The van der Waals surface area contributed by atoms with E-state index in [-0.39, 0.29) is 23.9 Å². The van der Waals surface area contributed by atoms with Crippen molar-refractivity contribution in [3.63, 3.8) is 0 Å². The average Bonchev–Trinajstić information content (AvgIpc) is 2.22.